The molecule has 2 heterocycles. The summed E-state index contributed by atoms with van der Waals surface area (Å²) in [5.74, 6) is -0.171. The molecule has 1 fully saturated rings. The Hall–Kier alpha value is -2.92. The minimum atomic E-state index is -4.17. The fourth-order valence-corrected chi connectivity index (χ4v) is 3.87. The van der Waals surface area contributed by atoms with Crippen LogP contribution in [-0.4, -0.2) is 24.3 Å². The fourth-order valence-electron chi connectivity index (χ4n) is 1.87. The van der Waals surface area contributed by atoms with E-state index in [1.54, 1.807) is 12.1 Å². The van der Waals surface area contributed by atoms with Gasteiger partial charge in [-0.2, -0.15) is 8.42 Å². The largest absolute Gasteiger partial charge is 0.465 e. The highest BCUT2D eigenvalue weighted by Crippen LogP contribution is 2.27. The van der Waals surface area contributed by atoms with E-state index < -0.39 is 20.9 Å². The molecule has 1 amide bonds. The Balaban J connectivity index is 1.86. The molecule has 3 rings (SSSR count). The molecule has 1 aliphatic rings. The summed E-state index contributed by atoms with van der Waals surface area (Å²) in [5.41, 5.74) is -0.247. The molecule has 0 bridgehead atoms. The zero-order chi connectivity index (χ0) is 18.0. The van der Waals surface area contributed by atoms with Crippen LogP contribution < -0.4 is 5.32 Å². The van der Waals surface area contributed by atoms with Gasteiger partial charge in [0.2, 0.25) is 0 Å². The van der Waals surface area contributed by atoms with E-state index in [1.807, 2.05) is 0 Å². The molecule has 1 aromatic carbocycles. The van der Waals surface area contributed by atoms with E-state index >= 15 is 0 Å². The number of rotatable bonds is 4. The van der Waals surface area contributed by atoms with Crippen LogP contribution in [0.25, 0.3) is 6.08 Å². The number of thioether (sulfide) groups is 1. The number of carbonyl (C=O) groups is 1. The van der Waals surface area contributed by atoms with Crippen molar-refractivity contribution in [3.63, 3.8) is 0 Å². The first-order valence-corrected chi connectivity index (χ1v) is 8.95. The average molecular weight is 379 g/mol. The van der Waals surface area contributed by atoms with Crippen LogP contribution in [0.3, 0.4) is 0 Å². The number of nitrogens with zero attached hydrogens (tertiary/aromatic N) is 2. The lowest BCUT2D eigenvalue weighted by molar-refractivity contribution is -0.384. The Labute approximate surface area is 145 Å². The van der Waals surface area contributed by atoms with Crippen LogP contribution in [0.4, 0.5) is 5.69 Å². The summed E-state index contributed by atoms with van der Waals surface area (Å²) < 4.78 is 33.1. The van der Waals surface area contributed by atoms with Crippen molar-refractivity contribution in [2.24, 2.45) is 4.40 Å². The van der Waals surface area contributed by atoms with Gasteiger partial charge in [-0.3, -0.25) is 14.9 Å². The first-order valence-electron chi connectivity index (χ1n) is 6.69. The number of benzene rings is 1. The molecular weight excluding hydrogens is 370 g/mol. The summed E-state index contributed by atoms with van der Waals surface area (Å²) in [7, 11) is -4.17. The quantitative estimate of drug-likeness (QED) is 0.635. The van der Waals surface area contributed by atoms with Gasteiger partial charge in [-0.05, 0) is 36.0 Å². The van der Waals surface area contributed by atoms with Crippen molar-refractivity contribution in [1.82, 2.24) is 5.32 Å². The van der Waals surface area contributed by atoms with E-state index in [0.717, 1.165) is 36.0 Å². The smallest absolute Gasteiger partial charge is 0.283 e. The first-order chi connectivity index (χ1) is 11.8. The van der Waals surface area contributed by atoms with E-state index in [2.05, 4.69) is 9.71 Å². The number of amides is 1. The zero-order valence-electron chi connectivity index (χ0n) is 12.3. The molecule has 0 aliphatic carbocycles. The Kier molecular flexibility index (Phi) is 4.42. The SMILES string of the molecule is O=C1NC(=Cc2ccco2)SC1=NS(=O)(=O)c1ccc([N+](=O)[O-])cc1. The number of nitrogens with one attached hydrogen (secondary N) is 1. The van der Waals surface area contributed by atoms with E-state index in [9.17, 15) is 23.3 Å². The Morgan fingerprint density at radius 2 is 1.96 bits per heavy atom. The van der Waals surface area contributed by atoms with Crippen molar-refractivity contribution in [2.75, 3.05) is 0 Å². The van der Waals surface area contributed by atoms with Gasteiger partial charge in [0.25, 0.3) is 21.6 Å². The summed E-state index contributed by atoms with van der Waals surface area (Å²) in [5, 5.41) is 13.2. The molecule has 0 unspecified atom stereocenters. The lowest BCUT2D eigenvalue weighted by Gasteiger charge is -1.99. The van der Waals surface area contributed by atoms with Crippen LogP contribution in [0.5, 0.6) is 0 Å². The molecule has 0 atom stereocenters. The lowest BCUT2D eigenvalue weighted by Crippen LogP contribution is -2.19. The second kappa shape index (κ2) is 6.53. The molecule has 0 spiro atoms. The molecule has 0 radical (unpaired) electrons. The molecule has 1 aliphatic heterocycles. The van der Waals surface area contributed by atoms with Crippen molar-refractivity contribution in [2.45, 2.75) is 4.90 Å². The topological polar surface area (TPSA) is 132 Å². The van der Waals surface area contributed by atoms with Crippen LogP contribution in [0.15, 0.2) is 61.4 Å². The van der Waals surface area contributed by atoms with Gasteiger partial charge in [0.05, 0.1) is 21.1 Å². The minimum Gasteiger partial charge on any atom is -0.465 e. The van der Waals surface area contributed by atoms with Crippen molar-refractivity contribution in [3.05, 3.63) is 63.6 Å². The van der Waals surface area contributed by atoms with Crippen LogP contribution in [-0.2, 0) is 14.8 Å². The molecule has 0 saturated carbocycles. The summed E-state index contributed by atoms with van der Waals surface area (Å²) in [6.07, 6.45) is 2.99. The highest BCUT2D eigenvalue weighted by atomic mass is 32.2. The normalized spacial score (nSPS) is 17.8. The van der Waals surface area contributed by atoms with E-state index in [1.165, 1.54) is 12.3 Å². The number of sulfonamides is 1. The second-order valence-electron chi connectivity index (χ2n) is 4.70. The summed E-state index contributed by atoms with van der Waals surface area (Å²) in [6.45, 7) is 0. The molecule has 128 valence electrons. The highest BCUT2D eigenvalue weighted by molar-refractivity contribution is 8.20. The third kappa shape index (κ3) is 3.78. The zero-order valence-corrected chi connectivity index (χ0v) is 13.9. The minimum absolute atomic E-state index is 0.247. The molecule has 1 aromatic heterocycles. The number of non-ortho nitro benzene ring substituents is 1. The summed E-state index contributed by atoms with van der Waals surface area (Å²) in [6, 6.07) is 7.57. The Bertz CT molecular complexity index is 992. The van der Waals surface area contributed by atoms with Crippen LogP contribution >= 0.6 is 11.8 Å². The summed E-state index contributed by atoms with van der Waals surface area (Å²) in [4.78, 5) is 21.6. The second-order valence-corrected chi connectivity index (χ2v) is 7.34. The molecule has 2 aromatic rings. The van der Waals surface area contributed by atoms with Gasteiger partial charge in [-0.1, -0.05) is 0 Å². The number of nitro benzene ring substituents is 1. The van der Waals surface area contributed by atoms with E-state index in [0.29, 0.717) is 10.8 Å². The number of furan rings is 1. The van der Waals surface area contributed by atoms with Crippen molar-refractivity contribution in [3.8, 4) is 0 Å². The molecule has 1 saturated heterocycles. The van der Waals surface area contributed by atoms with Crippen LogP contribution in [0.1, 0.15) is 5.76 Å². The van der Waals surface area contributed by atoms with E-state index in [-0.39, 0.29) is 15.6 Å². The predicted octanol–water partition coefficient (Wildman–Crippen LogP) is 2.14. The van der Waals surface area contributed by atoms with Gasteiger partial charge in [-0.15, -0.1) is 4.40 Å². The van der Waals surface area contributed by atoms with E-state index in [4.69, 9.17) is 4.42 Å². The van der Waals surface area contributed by atoms with Crippen LogP contribution in [0.2, 0.25) is 0 Å². The third-order valence-corrected chi connectivity index (χ3v) is 5.32. The van der Waals surface area contributed by atoms with Crippen LogP contribution in [0, 0.1) is 10.1 Å². The average Bonchev–Trinajstić information content (AvgIpc) is 3.18. The lowest BCUT2D eigenvalue weighted by atomic mass is 10.3. The summed E-state index contributed by atoms with van der Waals surface area (Å²) >= 11 is 0.850. The highest BCUT2D eigenvalue weighted by Gasteiger charge is 2.28. The first kappa shape index (κ1) is 16.9. The number of carbonyl (C=O) groups excluding carboxylic acids is 1. The monoisotopic (exact) mass is 379 g/mol. The number of hydrogen-bond donors (Lipinski definition) is 1. The Morgan fingerprint density at radius 1 is 1.24 bits per heavy atom. The predicted molar refractivity (Wildman–Crippen MR) is 90.1 cm³/mol. The maximum Gasteiger partial charge on any atom is 0.283 e. The number of nitro groups is 1. The van der Waals surface area contributed by atoms with Gasteiger partial charge in [-0.25, -0.2) is 0 Å². The van der Waals surface area contributed by atoms with Gasteiger partial charge in [0.1, 0.15) is 5.76 Å². The van der Waals surface area contributed by atoms with Crippen molar-refractivity contribution >= 4 is 44.5 Å². The Morgan fingerprint density at radius 3 is 2.56 bits per heavy atom. The van der Waals surface area contributed by atoms with Gasteiger partial charge in [0.15, 0.2) is 5.04 Å². The molecule has 25 heavy (non-hydrogen) atoms. The fraction of sp³-hybridized carbons (Fsp3) is 0. The molecule has 1 N–H and O–H groups in total. The van der Waals surface area contributed by atoms with Gasteiger partial charge < -0.3 is 9.73 Å². The van der Waals surface area contributed by atoms with Crippen molar-refractivity contribution in [1.29, 1.82) is 0 Å². The molecule has 9 nitrogen and oxygen atoms in total. The standard InChI is InChI=1S/C14H9N3O6S2/c18-13-14(24-12(15-13)8-10-2-1-7-23-10)16-25(21,22)11-5-3-9(4-6-11)17(19)20/h1-8H,(H,15,18). The maximum atomic E-state index is 12.2. The van der Waals surface area contributed by atoms with Gasteiger partial charge >= 0.3 is 0 Å². The third-order valence-electron chi connectivity index (χ3n) is 3.00. The van der Waals surface area contributed by atoms with Gasteiger partial charge in [0, 0.05) is 18.2 Å². The maximum absolute atomic E-state index is 12.2. The molecule has 11 heteroatoms. The van der Waals surface area contributed by atoms with Crippen molar-refractivity contribution < 1.29 is 22.6 Å². The number of hydrogen-bond acceptors (Lipinski definition) is 7. The molecular formula is C14H9N3O6S2.